The molecule has 2 aromatic heterocycles. The fourth-order valence-corrected chi connectivity index (χ4v) is 2.78. The van der Waals surface area contributed by atoms with Crippen molar-refractivity contribution in [2.45, 2.75) is 20.3 Å². The minimum atomic E-state index is -0.346. The third-order valence-corrected chi connectivity index (χ3v) is 4.21. The second-order valence-electron chi connectivity index (χ2n) is 5.90. The number of hydrogen-bond acceptors (Lipinski definition) is 3. The number of nitrogens with one attached hydrogen (secondary N) is 1. The summed E-state index contributed by atoms with van der Waals surface area (Å²) in [5.41, 5.74) is 4.09. The van der Waals surface area contributed by atoms with Crippen LogP contribution in [0.25, 0.3) is 5.69 Å². The number of benzene rings is 1. The Balaban J connectivity index is 1.62. The van der Waals surface area contributed by atoms with Crippen LogP contribution in [0.15, 0.2) is 36.5 Å². The van der Waals surface area contributed by atoms with Crippen molar-refractivity contribution in [3.63, 3.8) is 0 Å². The molecule has 0 spiro atoms. The van der Waals surface area contributed by atoms with Gasteiger partial charge < -0.3 is 5.32 Å². The Morgan fingerprint density at radius 3 is 2.72 bits per heavy atom. The van der Waals surface area contributed by atoms with E-state index in [-0.39, 0.29) is 11.7 Å². The highest BCUT2D eigenvalue weighted by Gasteiger charge is 2.12. The Morgan fingerprint density at radius 2 is 2.04 bits per heavy atom. The Morgan fingerprint density at radius 1 is 1.24 bits per heavy atom. The minimum absolute atomic E-state index is 0.255. The summed E-state index contributed by atoms with van der Waals surface area (Å²) in [6, 6.07) is 7.67. The first kappa shape index (κ1) is 16.9. The average Bonchev–Trinajstić information content (AvgIpc) is 3.15. The van der Waals surface area contributed by atoms with Crippen LogP contribution in [0.1, 0.15) is 27.4 Å². The molecule has 3 rings (SSSR count). The molecule has 25 heavy (non-hydrogen) atoms. The van der Waals surface area contributed by atoms with Gasteiger partial charge in [0.2, 0.25) is 0 Å². The summed E-state index contributed by atoms with van der Waals surface area (Å²) in [7, 11) is 1.91. The topological polar surface area (TPSA) is 64.7 Å². The summed E-state index contributed by atoms with van der Waals surface area (Å²) >= 11 is 0. The summed E-state index contributed by atoms with van der Waals surface area (Å²) in [5.74, 6) is -0.601. The molecule has 2 heterocycles. The molecule has 1 N–H and O–H groups in total. The van der Waals surface area contributed by atoms with E-state index in [1.165, 1.54) is 16.8 Å². The van der Waals surface area contributed by atoms with Gasteiger partial charge in [-0.3, -0.25) is 9.48 Å². The van der Waals surface area contributed by atoms with E-state index < -0.39 is 0 Å². The van der Waals surface area contributed by atoms with Crippen molar-refractivity contribution in [1.82, 2.24) is 24.9 Å². The third kappa shape index (κ3) is 3.60. The molecule has 0 bridgehead atoms. The van der Waals surface area contributed by atoms with E-state index in [0.717, 1.165) is 17.0 Å². The van der Waals surface area contributed by atoms with Crippen LogP contribution in [0.4, 0.5) is 4.39 Å². The van der Waals surface area contributed by atoms with Crippen LogP contribution in [0.5, 0.6) is 0 Å². The largest absolute Gasteiger partial charge is 0.350 e. The second kappa shape index (κ2) is 6.88. The van der Waals surface area contributed by atoms with Crippen molar-refractivity contribution in [2.24, 2.45) is 7.05 Å². The number of carbonyl (C=O) groups is 1. The molecule has 3 aromatic rings. The van der Waals surface area contributed by atoms with E-state index >= 15 is 0 Å². The molecule has 0 unspecified atom stereocenters. The standard InChI is InChI=1S/C18H20FN5O/c1-12-16(13(2)23(3)21-12)7-9-20-18(25)17-8-10-24(22-17)15-6-4-5-14(19)11-15/h4-6,8,10-11H,7,9H2,1-3H3,(H,20,25). The molecule has 0 saturated carbocycles. The molecular weight excluding hydrogens is 321 g/mol. The molecule has 7 heteroatoms. The Labute approximate surface area is 145 Å². The number of halogens is 1. The number of aromatic nitrogens is 4. The van der Waals surface area contributed by atoms with Crippen LogP contribution in [0.3, 0.4) is 0 Å². The molecule has 0 radical (unpaired) electrons. The number of amides is 1. The SMILES string of the molecule is Cc1nn(C)c(C)c1CCNC(=O)c1ccn(-c2cccc(F)c2)n1. The fourth-order valence-electron chi connectivity index (χ4n) is 2.78. The van der Waals surface area contributed by atoms with Gasteiger partial charge in [0.1, 0.15) is 5.82 Å². The van der Waals surface area contributed by atoms with Crippen molar-refractivity contribution in [1.29, 1.82) is 0 Å². The molecule has 0 aliphatic heterocycles. The van der Waals surface area contributed by atoms with Crippen LogP contribution < -0.4 is 5.32 Å². The quantitative estimate of drug-likeness (QED) is 0.775. The lowest BCUT2D eigenvalue weighted by Crippen LogP contribution is -2.26. The predicted octanol–water partition coefficient (Wildman–Crippen LogP) is 2.33. The van der Waals surface area contributed by atoms with E-state index in [1.807, 2.05) is 25.6 Å². The van der Waals surface area contributed by atoms with Crippen LogP contribution in [-0.2, 0) is 13.5 Å². The molecule has 130 valence electrons. The summed E-state index contributed by atoms with van der Waals surface area (Å²) in [6.07, 6.45) is 2.35. The van der Waals surface area contributed by atoms with Gasteiger partial charge in [0.25, 0.3) is 5.91 Å². The number of nitrogens with zero attached hydrogens (tertiary/aromatic N) is 4. The van der Waals surface area contributed by atoms with E-state index in [4.69, 9.17) is 0 Å². The Hall–Kier alpha value is -2.96. The van der Waals surface area contributed by atoms with Gasteiger partial charge in [-0.2, -0.15) is 10.2 Å². The van der Waals surface area contributed by atoms with Crippen LogP contribution in [0.2, 0.25) is 0 Å². The Kier molecular flexibility index (Phi) is 4.65. The molecule has 0 saturated heterocycles. The highest BCUT2D eigenvalue weighted by atomic mass is 19.1. The van der Waals surface area contributed by atoms with Crippen molar-refractivity contribution >= 4 is 5.91 Å². The van der Waals surface area contributed by atoms with Crippen molar-refractivity contribution in [3.05, 3.63) is 65.0 Å². The molecule has 0 fully saturated rings. The van der Waals surface area contributed by atoms with Crippen molar-refractivity contribution < 1.29 is 9.18 Å². The summed E-state index contributed by atoms with van der Waals surface area (Å²) in [4.78, 5) is 12.2. The summed E-state index contributed by atoms with van der Waals surface area (Å²) in [5, 5.41) is 11.4. The van der Waals surface area contributed by atoms with Gasteiger partial charge in [-0.1, -0.05) is 6.07 Å². The highest BCUT2D eigenvalue weighted by Crippen LogP contribution is 2.12. The lowest BCUT2D eigenvalue weighted by atomic mass is 10.1. The van der Waals surface area contributed by atoms with Gasteiger partial charge in [-0.15, -0.1) is 0 Å². The first-order chi connectivity index (χ1) is 12.0. The zero-order valence-electron chi connectivity index (χ0n) is 14.5. The summed E-state index contributed by atoms with van der Waals surface area (Å²) in [6.45, 7) is 4.47. The first-order valence-electron chi connectivity index (χ1n) is 8.04. The molecule has 0 aliphatic carbocycles. The number of aryl methyl sites for hydroxylation is 2. The van der Waals surface area contributed by atoms with Gasteiger partial charge >= 0.3 is 0 Å². The average molecular weight is 341 g/mol. The summed E-state index contributed by atoms with van der Waals surface area (Å²) < 4.78 is 16.6. The maximum Gasteiger partial charge on any atom is 0.271 e. The van der Waals surface area contributed by atoms with E-state index in [2.05, 4.69) is 15.5 Å². The Bertz CT molecular complexity index is 912. The monoisotopic (exact) mass is 341 g/mol. The van der Waals surface area contributed by atoms with Crippen molar-refractivity contribution in [3.8, 4) is 5.69 Å². The van der Waals surface area contributed by atoms with E-state index in [9.17, 15) is 9.18 Å². The van der Waals surface area contributed by atoms with Crippen molar-refractivity contribution in [2.75, 3.05) is 6.54 Å². The van der Waals surface area contributed by atoms with Crippen LogP contribution >= 0.6 is 0 Å². The third-order valence-electron chi connectivity index (χ3n) is 4.21. The maximum absolute atomic E-state index is 13.3. The van der Waals surface area contributed by atoms with Gasteiger partial charge in [0.15, 0.2) is 5.69 Å². The lowest BCUT2D eigenvalue weighted by molar-refractivity contribution is 0.0948. The maximum atomic E-state index is 13.3. The lowest BCUT2D eigenvalue weighted by Gasteiger charge is -2.04. The van der Waals surface area contributed by atoms with Gasteiger partial charge in [0.05, 0.1) is 11.4 Å². The zero-order chi connectivity index (χ0) is 18.0. The molecule has 0 aliphatic rings. The highest BCUT2D eigenvalue weighted by molar-refractivity contribution is 5.92. The number of rotatable bonds is 5. The van der Waals surface area contributed by atoms with Crippen LogP contribution in [-0.4, -0.2) is 32.0 Å². The van der Waals surface area contributed by atoms with Crippen LogP contribution in [0, 0.1) is 19.7 Å². The second-order valence-corrected chi connectivity index (χ2v) is 5.90. The van der Waals surface area contributed by atoms with Gasteiger partial charge in [-0.25, -0.2) is 9.07 Å². The normalized spacial score (nSPS) is 10.9. The fraction of sp³-hybridized carbons (Fsp3) is 0.278. The molecule has 1 amide bonds. The molecule has 0 atom stereocenters. The predicted molar refractivity (Wildman–Crippen MR) is 92.2 cm³/mol. The van der Waals surface area contributed by atoms with Gasteiger partial charge in [-0.05, 0) is 50.1 Å². The minimum Gasteiger partial charge on any atom is -0.350 e. The van der Waals surface area contributed by atoms with E-state index in [0.29, 0.717) is 24.3 Å². The number of carbonyl (C=O) groups excluding carboxylic acids is 1. The number of hydrogen-bond donors (Lipinski definition) is 1. The smallest absolute Gasteiger partial charge is 0.271 e. The molecule has 1 aromatic carbocycles. The molecule has 6 nitrogen and oxygen atoms in total. The van der Waals surface area contributed by atoms with Gasteiger partial charge in [0, 0.05) is 25.5 Å². The molecular formula is C18H20FN5O. The zero-order valence-corrected chi connectivity index (χ0v) is 14.5. The first-order valence-corrected chi connectivity index (χ1v) is 8.04. The van der Waals surface area contributed by atoms with E-state index in [1.54, 1.807) is 24.4 Å².